The molecule has 1 fully saturated rings. The molecular formula is C22H28N6O3. The number of anilines is 1. The van der Waals surface area contributed by atoms with E-state index < -0.39 is 11.5 Å². The van der Waals surface area contributed by atoms with Crippen LogP contribution >= 0.6 is 0 Å². The van der Waals surface area contributed by atoms with E-state index in [-0.39, 0.29) is 28.9 Å². The van der Waals surface area contributed by atoms with Crippen molar-refractivity contribution in [2.45, 2.75) is 59.2 Å². The third kappa shape index (κ3) is 4.40. The summed E-state index contributed by atoms with van der Waals surface area (Å²) in [6.07, 6.45) is 3.48. The fourth-order valence-electron chi connectivity index (χ4n) is 3.47. The van der Waals surface area contributed by atoms with Crippen LogP contribution in [0.1, 0.15) is 62.6 Å². The van der Waals surface area contributed by atoms with Gasteiger partial charge in [-0.1, -0.05) is 26.8 Å². The standard InChI is InChI=1S/C22H28N6O3/c1-13(15-7-5-6-10-23-15)24-16-11-17-27(12-22(2,3)4)20(30)18(21(31)28(17)26-16)19(29)25-14-8-9-14/h5-7,10-11,13-14,30H,8-9,12H2,1-4H3,(H,24,26)(H,25,29). The number of fused-ring (bicyclic) bond motifs is 1. The van der Waals surface area contributed by atoms with Crippen molar-refractivity contribution in [3.63, 3.8) is 0 Å². The SMILES string of the molecule is CC(Nc1cc2n(CC(C)(C)C)c(O)c(C(=O)NC3CC3)c(=O)n2n1)c1ccccn1. The van der Waals surface area contributed by atoms with Crippen LogP contribution in [-0.2, 0) is 6.54 Å². The summed E-state index contributed by atoms with van der Waals surface area (Å²) in [6.45, 7) is 8.39. The zero-order chi connectivity index (χ0) is 22.3. The van der Waals surface area contributed by atoms with E-state index in [9.17, 15) is 14.7 Å². The van der Waals surface area contributed by atoms with Crippen LogP contribution in [0.3, 0.4) is 0 Å². The molecule has 0 aromatic carbocycles. The first-order valence-corrected chi connectivity index (χ1v) is 10.5. The van der Waals surface area contributed by atoms with Crippen LogP contribution in [0.5, 0.6) is 5.88 Å². The first kappa shape index (κ1) is 20.9. The number of amides is 1. The van der Waals surface area contributed by atoms with E-state index >= 15 is 0 Å². The van der Waals surface area contributed by atoms with Gasteiger partial charge in [-0.2, -0.15) is 4.52 Å². The van der Waals surface area contributed by atoms with Gasteiger partial charge in [-0.25, -0.2) is 0 Å². The summed E-state index contributed by atoms with van der Waals surface area (Å²) >= 11 is 0. The van der Waals surface area contributed by atoms with Crippen molar-refractivity contribution in [3.8, 4) is 5.88 Å². The topological polar surface area (TPSA) is 114 Å². The first-order chi connectivity index (χ1) is 14.6. The summed E-state index contributed by atoms with van der Waals surface area (Å²) < 4.78 is 2.76. The Balaban J connectivity index is 1.79. The lowest BCUT2D eigenvalue weighted by atomic mass is 9.96. The Morgan fingerprint density at radius 2 is 2.06 bits per heavy atom. The van der Waals surface area contributed by atoms with Gasteiger partial charge < -0.3 is 15.7 Å². The highest BCUT2D eigenvalue weighted by Crippen LogP contribution is 2.27. The van der Waals surface area contributed by atoms with E-state index in [4.69, 9.17) is 0 Å². The number of aromatic hydroxyl groups is 1. The number of rotatable bonds is 6. The maximum Gasteiger partial charge on any atom is 0.291 e. The highest BCUT2D eigenvalue weighted by atomic mass is 16.3. The Morgan fingerprint density at radius 1 is 1.32 bits per heavy atom. The van der Waals surface area contributed by atoms with Gasteiger partial charge in [-0.15, -0.1) is 5.10 Å². The summed E-state index contributed by atoms with van der Waals surface area (Å²) in [5.74, 6) is -0.451. The minimum absolute atomic E-state index is 0.0622. The molecule has 3 aromatic rings. The van der Waals surface area contributed by atoms with Gasteiger partial charge in [-0.3, -0.25) is 19.1 Å². The van der Waals surface area contributed by atoms with E-state index in [0.29, 0.717) is 18.0 Å². The van der Waals surface area contributed by atoms with Crippen molar-refractivity contribution in [2.75, 3.05) is 5.32 Å². The minimum Gasteiger partial charge on any atom is -0.494 e. The Bertz CT molecular complexity index is 1170. The molecule has 31 heavy (non-hydrogen) atoms. The van der Waals surface area contributed by atoms with E-state index in [2.05, 4.69) is 20.7 Å². The number of hydrogen-bond acceptors (Lipinski definition) is 6. The van der Waals surface area contributed by atoms with Gasteiger partial charge in [0.2, 0.25) is 5.88 Å². The van der Waals surface area contributed by atoms with Crippen molar-refractivity contribution in [2.24, 2.45) is 5.41 Å². The van der Waals surface area contributed by atoms with Gasteiger partial charge in [0.1, 0.15) is 5.65 Å². The van der Waals surface area contributed by atoms with Crippen LogP contribution in [-0.4, -0.2) is 36.2 Å². The third-order valence-corrected chi connectivity index (χ3v) is 5.12. The Kier molecular flexibility index (Phi) is 5.20. The molecule has 3 aromatic heterocycles. The van der Waals surface area contributed by atoms with Gasteiger partial charge >= 0.3 is 0 Å². The van der Waals surface area contributed by atoms with Crippen molar-refractivity contribution in [1.82, 2.24) is 24.5 Å². The molecule has 1 atom stereocenters. The monoisotopic (exact) mass is 424 g/mol. The smallest absolute Gasteiger partial charge is 0.291 e. The van der Waals surface area contributed by atoms with Gasteiger partial charge in [0.05, 0.1) is 11.7 Å². The van der Waals surface area contributed by atoms with E-state index in [1.165, 1.54) is 4.52 Å². The van der Waals surface area contributed by atoms with Crippen molar-refractivity contribution < 1.29 is 9.90 Å². The number of carbonyl (C=O) groups excluding carboxylic acids is 1. The molecule has 0 radical (unpaired) electrons. The largest absolute Gasteiger partial charge is 0.494 e. The molecule has 3 heterocycles. The molecule has 164 valence electrons. The highest BCUT2D eigenvalue weighted by Gasteiger charge is 2.30. The second-order valence-electron chi connectivity index (χ2n) is 9.32. The Labute approximate surface area is 180 Å². The average molecular weight is 425 g/mol. The van der Waals surface area contributed by atoms with Gasteiger partial charge in [0.15, 0.2) is 11.4 Å². The van der Waals surface area contributed by atoms with Crippen LogP contribution in [0.4, 0.5) is 5.82 Å². The maximum atomic E-state index is 13.1. The van der Waals surface area contributed by atoms with E-state index in [1.807, 2.05) is 45.9 Å². The summed E-state index contributed by atoms with van der Waals surface area (Å²) in [5.41, 5.74) is 0.106. The van der Waals surface area contributed by atoms with Crippen LogP contribution in [0.25, 0.3) is 5.65 Å². The summed E-state index contributed by atoms with van der Waals surface area (Å²) in [6, 6.07) is 7.26. The molecule has 9 heteroatoms. The number of nitrogens with zero attached hydrogens (tertiary/aromatic N) is 4. The first-order valence-electron chi connectivity index (χ1n) is 10.5. The number of hydrogen-bond donors (Lipinski definition) is 3. The Hall–Kier alpha value is -3.36. The molecule has 0 aliphatic heterocycles. The molecule has 3 N–H and O–H groups in total. The fourth-order valence-corrected chi connectivity index (χ4v) is 3.47. The van der Waals surface area contributed by atoms with Crippen LogP contribution < -0.4 is 16.2 Å². The molecule has 1 amide bonds. The van der Waals surface area contributed by atoms with Gasteiger partial charge in [0.25, 0.3) is 11.5 Å². The van der Waals surface area contributed by atoms with Crippen molar-refractivity contribution in [3.05, 3.63) is 52.1 Å². The van der Waals surface area contributed by atoms with E-state index in [0.717, 1.165) is 18.5 Å². The zero-order valence-corrected chi connectivity index (χ0v) is 18.2. The van der Waals surface area contributed by atoms with Crippen LogP contribution in [0.15, 0.2) is 35.3 Å². The van der Waals surface area contributed by atoms with Crippen molar-refractivity contribution >= 4 is 17.4 Å². The molecule has 1 aliphatic carbocycles. The van der Waals surface area contributed by atoms with Gasteiger partial charge in [-0.05, 0) is 37.3 Å². The second kappa shape index (κ2) is 7.72. The molecule has 0 spiro atoms. The molecule has 0 bridgehead atoms. The Morgan fingerprint density at radius 3 is 2.68 bits per heavy atom. The molecule has 1 saturated carbocycles. The number of carbonyl (C=O) groups is 1. The average Bonchev–Trinajstić information content (AvgIpc) is 3.41. The number of pyridine rings is 1. The zero-order valence-electron chi connectivity index (χ0n) is 18.2. The predicted octanol–water partition coefficient (Wildman–Crippen LogP) is 2.71. The lowest BCUT2D eigenvalue weighted by molar-refractivity contribution is 0.0944. The summed E-state index contributed by atoms with van der Waals surface area (Å²) in [7, 11) is 0. The predicted molar refractivity (Wildman–Crippen MR) is 117 cm³/mol. The van der Waals surface area contributed by atoms with Crippen LogP contribution in [0, 0.1) is 5.41 Å². The normalized spacial score (nSPS) is 15.1. The lowest BCUT2D eigenvalue weighted by Crippen LogP contribution is -2.35. The quantitative estimate of drug-likeness (QED) is 0.561. The summed E-state index contributed by atoms with van der Waals surface area (Å²) in [5, 5.41) is 21.4. The molecule has 1 aliphatic rings. The summed E-state index contributed by atoms with van der Waals surface area (Å²) in [4.78, 5) is 30.2. The molecule has 1 unspecified atom stereocenters. The molecule has 0 saturated heterocycles. The minimum atomic E-state index is -0.644. The molecule has 4 rings (SSSR count). The highest BCUT2D eigenvalue weighted by molar-refractivity contribution is 5.96. The van der Waals surface area contributed by atoms with Crippen LogP contribution in [0.2, 0.25) is 0 Å². The van der Waals surface area contributed by atoms with Crippen molar-refractivity contribution in [1.29, 1.82) is 0 Å². The van der Waals surface area contributed by atoms with Gasteiger partial charge in [0, 0.05) is 24.8 Å². The third-order valence-electron chi connectivity index (χ3n) is 5.12. The maximum absolute atomic E-state index is 13.1. The molecule has 9 nitrogen and oxygen atoms in total. The molecular weight excluding hydrogens is 396 g/mol. The number of aromatic nitrogens is 4. The second-order valence-corrected chi connectivity index (χ2v) is 9.32. The van der Waals surface area contributed by atoms with E-state index in [1.54, 1.807) is 16.8 Å². The number of nitrogens with one attached hydrogen (secondary N) is 2. The fraction of sp³-hybridized carbons (Fsp3) is 0.455. The lowest BCUT2D eigenvalue weighted by Gasteiger charge is -2.23.